The van der Waals surface area contributed by atoms with E-state index in [-0.39, 0.29) is 5.92 Å². The van der Waals surface area contributed by atoms with Gasteiger partial charge in [-0.15, -0.1) is 0 Å². The summed E-state index contributed by atoms with van der Waals surface area (Å²) in [6.07, 6.45) is -1.50. The number of amides is 3. The molecule has 6 unspecified atom stereocenters. The molecule has 0 fully saturated rings. The van der Waals surface area contributed by atoms with Crippen LogP contribution in [0.5, 0.6) is 0 Å². The summed E-state index contributed by atoms with van der Waals surface area (Å²) >= 11 is 0. The van der Waals surface area contributed by atoms with E-state index in [4.69, 9.17) is 15.9 Å². The number of carboxylic acids is 2. The third-order valence-corrected chi connectivity index (χ3v) is 4.82. The van der Waals surface area contributed by atoms with Crippen molar-refractivity contribution in [3.8, 4) is 0 Å². The Bertz CT molecular complexity index is 667. The predicted octanol–water partition coefficient (Wildman–Crippen LogP) is -1.59. The monoisotopic (exact) mass is 446 g/mol. The lowest BCUT2D eigenvalue weighted by atomic mass is 9.96. The van der Waals surface area contributed by atoms with Crippen LogP contribution in [-0.2, 0) is 24.0 Å². The lowest BCUT2D eigenvalue weighted by molar-refractivity contribution is -0.145. The third kappa shape index (κ3) is 9.30. The Kier molecular flexibility index (Phi) is 11.7. The fraction of sp³-hybridized carbons (Fsp3) is 0.737. The van der Waals surface area contributed by atoms with Gasteiger partial charge in [-0.05, 0) is 18.8 Å². The topological polar surface area (TPSA) is 208 Å². The summed E-state index contributed by atoms with van der Waals surface area (Å²) < 4.78 is 0. The van der Waals surface area contributed by atoms with Gasteiger partial charge in [0.05, 0.1) is 18.6 Å². The van der Waals surface area contributed by atoms with Crippen molar-refractivity contribution in [3.63, 3.8) is 0 Å². The van der Waals surface area contributed by atoms with Crippen molar-refractivity contribution in [1.82, 2.24) is 16.0 Å². The lowest BCUT2D eigenvalue weighted by Gasteiger charge is -2.29. The average molecular weight is 447 g/mol. The highest BCUT2D eigenvalue weighted by atomic mass is 16.4. The van der Waals surface area contributed by atoms with E-state index in [1.54, 1.807) is 27.7 Å². The van der Waals surface area contributed by atoms with Crippen molar-refractivity contribution in [2.24, 2.45) is 17.6 Å². The summed E-state index contributed by atoms with van der Waals surface area (Å²) in [5, 5.41) is 34.6. The van der Waals surface area contributed by atoms with Gasteiger partial charge in [0.1, 0.15) is 12.1 Å². The number of carbonyl (C=O) groups excluding carboxylic acids is 3. The second kappa shape index (κ2) is 12.8. The molecule has 31 heavy (non-hydrogen) atoms. The summed E-state index contributed by atoms with van der Waals surface area (Å²) in [4.78, 5) is 59.6. The molecule has 178 valence electrons. The van der Waals surface area contributed by atoms with Crippen molar-refractivity contribution in [3.05, 3.63) is 0 Å². The third-order valence-electron chi connectivity index (χ3n) is 4.82. The molecule has 0 saturated heterocycles. The zero-order chi connectivity index (χ0) is 24.5. The van der Waals surface area contributed by atoms with Crippen LogP contribution in [-0.4, -0.2) is 75.3 Å². The molecule has 8 N–H and O–H groups in total. The first-order valence-corrected chi connectivity index (χ1v) is 10.0. The SMILES string of the molecule is CCC(C)C(NC(=O)C(N)CC(=O)O)C(=O)NC(C(=O)NC(C(=O)O)C(C)O)C(C)C. The molecule has 12 heteroatoms. The Morgan fingerprint density at radius 3 is 1.65 bits per heavy atom. The lowest BCUT2D eigenvalue weighted by Crippen LogP contribution is -2.60. The number of nitrogens with one attached hydrogen (secondary N) is 3. The molecule has 6 atom stereocenters. The predicted molar refractivity (Wildman–Crippen MR) is 110 cm³/mol. The molecule has 0 aliphatic carbocycles. The van der Waals surface area contributed by atoms with E-state index in [1.165, 1.54) is 6.92 Å². The van der Waals surface area contributed by atoms with E-state index in [9.17, 15) is 29.1 Å². The van der Waals surface area contributed by atoms with Crippen LogP contribution in [0.3, 0.4) is 0 Å². The molecule has 0 aromatic carbocycles. The highest BCUT2D eigenvalue weighted by molar-refractivity contribution is 5.95. The molecule has 0 aliphatic rings. The van der Waals surface area contributed by atoms with Crippen LogP contribution in [0.25, 0.3) is 0 Å². The molecule has 0 heterocycles. The number of aliphatic hydroxyl groups is 1. The molecule has 0 bridgehead atoms. The molecular formula is C19H34N4O8. The number of aliphatic carboxylic acids is 2. The minimum absolute atomic E-state index is 0.374. The van der Waals surface area contributed by atoms with Gasteiger partial charge >= 0.3 is 11.9 Å². The highest BCUT2D eigenvalue weighted by Crippen LogP contribution is 2.11. The molecule has 0 rings (SSSR count). The quantitative estimate of drug-likeness (QED) is 0.174. The Labute approximate surface area is 180 Å². The Morgan fingerprint density at radius 2 is 1.26 bits per heavy atom. The van der Waals surface area contributed by atoms with Gasteiger partial charge in [0.2, 0.25) is 17.7 Å². The van der Waals surface area contributed by atoms with Crippen LogP contribution in [0, 0.1) is 11.8 Å². The maximum absolute atomic E-state index is 12.9. The molecule has 0 aliphatic heterocycles. The first-order valence-electron chi connectivity index (χ1n) is 10.0. The second-order valence-electron chi connectivity index (χ2n) is 7.87. The van der Waals surface area contributed by atoms with E-state index in [1.807, 2.05) is 0 Å². The van der Waals surface area contributed by atoms with E-state index >= 15 is 0 Å². The van der Waals surface area contributed by atoms with Crippen molar-refractivity contribution in [2.75, 3.05) is 0 Å². The van der Waals surface area contributed by atoms with Gasteiger partial charge in [0.15, 0.2) is 6.04 Å². The molecule has 0 aromatic heterocycles. The van der Waals surface area contributed by atoms with E-state index in [2.05, 4.69) is 16.0 Å². The summed E-state index contributed by atoms with van der Waals surface area (Å²) in [6.45, 7) is 7.92. The number of hydrogen-bond acceptors (Lipinski definition) is 7. The van der Waals surface area contributed by atoms with Gasteiger partial charge in [0.25, 0.3) is 0 Å². The minimum atomic E-state index is -1.57. The maximum Gasteiger partial charge on any atom is 0.328 e. The number of carbonyl (C=O) groups is 5. The summed E-state index contributed by atoms with van der Waals surface area (Å²) in [7, 11) is 0. The van der Waals surface area contributed by atoms with Crippen LogP contribution in [0.4, 0.5) is 0 Å². The minimum Gasteiger partial charge on any atom is -0.481 e. The van der Waals surface area contributed by atoms with Gasteiger partial charge in [-0.25, -0.2) is 4.79 Å². The van der Waals surface area contributed by atoms with E-state index < -0.39 is 72.3 Å². The largest absolute Gasteiger partial charge is 0.481 e. The fourth-order valence-electron chi connectivity index (χ4n) is 2.65. The van der Waals surface area contributed by atoms with Crippen LogP contribution in [0.15, 0.2) is 0 Å². The van der Waals surface area contributed by atoms with Gasteiger partial charge in [-0.2, -0.15) is 0 Å². The van der Waals surface area contributed by atoms with Gasteiger partial charge in [-0.1, -0.05) is 34.1 Å². The standard InChI is InChI=1S/C19H34N4O8/c1-6-9(4)14(22-16(27)11(20)7-12(25)26)18(29)21-13(8(2)3)17(28)23-15(10(5)24)19(30)31/h8-11,13-15,24H,6-7,20H2,1-5H3,(H,21,29)(H,22,27)(H,23,28)(H,25,26)(H,30,31). The molecule has 0 radical (unpaired) electrons. The van der Waals surface area contributed by atoms with Gasteiger partial charge in [0, 0.05) is 0 Å². The van der Waals surface area contributed by atoms with E-state index in [0.717, 1.165) is 0 Å². The highest BCUT2D eigenvalue weighted by Gasteiger charge is 2.34. The second-order valence-corrected chi connectivity index (χ2v) is 7.87. The van der Waals surface area contributed by atoms with Crippen LogP contribution in [0.2, 0.25) is 0 Å². The van der Waals surface area contributed by atoms with Crippen molar-refractivity contribution in [1.29, 1.82) is 0 Å². The fourth-order valence-corrected chi connectivity index (χ4v) is 2.65. The number of hydrogen-bond donors (Lipinski definition) is 7. The molecule has 3 amide bonds. The van der Waals surface area contributed by atoms with Crippen molar-refractivity contribution < 1.29 is 39.3 Å². The number of rotatable bonds is 13. The number of aliphatic hydroxyl groups excluding tert-OH is 1. The normalized spacial score (nSPS) is 16.9. The van der Waals surface area contributed by atoms with Crippen molar-refractivity contribution in [2.45, 2.75) is 77.7 Å². The first-order chi connectivity index (χ1) is 14.2. The average Bonchev–Trinajstić information content (AvgIpc) is 2.65. The Balaban J connectivity index is 5.49. The van der Waals surface area contributed by atoms with E-state index in [0.29, 0.717) is 6.42 Å². The summed E-state index contributed by atoms with van der Waals surface area (Å²) in [5.41, 5.74) is 5.55. The summed E-state index contributed by atoms with van der Waals surface area (Å²) in [6, 6.07) is -5.17. The smallest absolute Gasteiger partial charge is 0.328 e. The van der Waals surface area contributed by atoms with Crippen LogP contribution >= 0.6 is 0 Å². The molecular weight excluding hydrogens is 412 g/mol. The Hall–Kier alpha value is -2.73. The zero-order valence-electron chi connectivity index (χ0n) is 18.4. The van der Waals surface area contributed by atoms with Gasteiger partial charge in [-0.3, -0.25) is 19.2 Å². The van der Waals surface area contributed by atoms with Gasteiger partial charge < -0.3 is 37.0 Å². The first kappa shape index (κ1) is 28.3. The van der Waals surface area contributed by atoms with Crippen LogP contribution < -0.4 is 21.7 Å². The molecule has 12 nitrogen and oxygen atoms in total. The molecule has 0 spiro atoms. The Morgan fingerprint density at radius 1 is 0.806 bits per heavy atom. The summed E-state index contributed by atoms with van der Waals surface area (Å²) in [5.74, 6) is -5.87. The molecule has 0 saturated carbocycles. The zero-order valence-corrected chi connectivity index (χ0v) is 18.4. The van der Waals surface area contributed by atoms with Crippen LogP contribution in [0.1, 0.15) is 47.5 Å². The van der Waals surface area contributed by atoms with Crippen molar-refractivity contribution >= 4 is 29.7 Å². The number of nitrogens with two attached hydrogens (primary N) is 1. The maximum atomic E-state index is 12.9. The number of carboxylic acid groups (broad SMARTS) is 2. The molecule has 0 aromatic rings.